The summed E-state index contributed by atoms with van der Waals surface area (Å²) in [4.78, 5) is 25.7. The smallest absolute Gasteiger partial charge is 0.344 e. The number of carbonyl (C=O) groups is 1. The van der Waals surface area contributed by atoms with Gasteiger partial charge in [-0.1, -0.05) is 36.4 Å². The van der Waals surface area contributed by atoms with E-state index in [4.69, 9.17) is 23.4 Å². The SMILES string of the molecule is COc1ccc(-c2oc3cc(C)ccc3c(=O)c2OCC(=O)OCCc2ccccc2)cc1OC. The summed E-state index contributed by atoms with van der Waals surface area (Å²) in [6.45, 7) is 1.68. The molecule has 0 N–H and O–H groups in total. The van der Waals surface area contributed by atoms with Crippen LogP contribution in [0, 0.1) is 6.92 Å². The number of methoxy groups -OCH3 is 2. The van der Waals surface area contributed by atoms with Crippen LogP contribution in [-0.2, 0) is 16.0 Å². The van der Waals surface area contributed by atoms with Crippen molar-refractivity contribution >= 4 is 16.9 Å². The van der Waals surface area contributed by atoms with Crippen molar-refractivity contribution in [1.29, 1.82) is 0 Å². The molecule has 0 aliphatic rings. The summed E-state index contributed by atoms with van der Waals surface area (Å²) in [6.07, 6.45) is 0.584. The second-order valence-electron chi connectivity index (χ2n) is 7.90. The minimum Gasteiger partial charge on any atom is -0.493 e. The average Bonchev–Trinajstić information content (AvgIpc) is 2.88. The topological polar surface area (TPSA) is 84.2 Å². The quantitative estimate of drug-likeness (QED) is 0.317. The van der Waals surface area contributed by atoms with E-state index in [9.17, 15) is 9.59 Å². The van der Waals surface area contributed by atoms with Gasteiger partial charge < -0.3 is 23.4 Å². The first-order valence-corrected chi connectivity index (χ1v) is 11.1. The number of fused-ring (bicyclic) bond motifs is 1. The maximum atomic E-state index is 13.3. The monoisotopic (exact) mass is 474 g/mol. The predicted octanol–water partition coefficient (Wildman–Crippen LogP) is 4.95. The van der Waals surface area contributed by atoms with E-state index in [1.807, 2.05) is 43.3 Å². The molecule has 180 valence electrons. The van der Waals surface area contributed by atoms with Gasteiger partial charge in [-0.2, -0.15) is 0 Å². The molecule has 0 saturated heterocycles. The Morgan fingerprint density at radius 2 is 1.69 bits per heavy atom. The van der Waals surface area contributed by atoms with Gasteiger partial charge in [-0.05, 0) is 48.4 Å². The van der Waals surface area contributed by atoms with Crippen LogP contribution in [0.25, 0.3) is 22.3 Å². The molecular formula is C28H26O7. The number of aryl methyl sites for hydroxylation is 1. The maximum Gasteiger partial charge on any atom is 0.344 e. The van der Waals surface area contributed by atoms with Crippen LogP contribution < -0.4 is 19.6 Å². The van der Waals surface area contributed by atoms with Crippen molar-refractivity contribution in [2.24, 2.45) is 0 Å². The van der Waals surface area contributed by atoms with Gasteiger partial charge in [-0.3, -0.25) is 4.79 Å². The van der Waals surface area contributed by atoms with Crippen LogP contribution in [0.2, 0.25) is 0 Å². The van der Waals surface area contributed by atoms with E-state index in [1.54, 1.807) is 30.3 Å². The lowest BCUT2D eigenvalue weighted by molar-refractivity contribution is -0.145. The molecule has 4 aromatic rings. The van der Waals surface area contributed by atoms with Crippen molar-refractivity contribution < 1.29 is 28.2 Å². The Hall–Kier alpha value is -4.26. The van der Waals surface area contributed by atoms with Crippen molar-refractivity contribution in [1.82, 2.24) is 0 Å². The Labute approximate surface area is 202 Å². The Balaban J connectivity index is 1.62. The van der Waals surface area contributed by atoms with E-state index in [0.717, 1.165) is 11.1 Å². The highest BCUT2D eigenvalue weighted by molar-refractivity contribution is 5.83. The Bertz CT molecular complexity index is 1390. The minimum atomic E-state index is -0.581. The molecule has 3 aromatic carbocycles. The van der Waals surface area contributed by atoms with Crippen LogP contribution in [0.15, 0.2) is 75.9 Å². The molecule has 1 aromatic heterocycles. The van der Waals surface area contributed by atoms with E-state index in [0.29, 0.717) is 34.5 Å². The third-order valence-electron chi connectivity index (χ3n) is 5.48. The number of esters is 1. The Kier molecular flexibility index (Phi) is 7.35. The number of benzene rings is 3. The second kappa shape index (κ2) is 10.8. The number of hydrogen-bond acceptors (Lipinski definition) is 7. The van der Waals surface area contributed by atoms with E-state index in [2.05, 4.69) is 0 Å². The molecule has 0 aliphatic carbocycles. The molecule has 0 bridgehead atoms. The van der Waals surface area contributed by atoms with E-state index >= 15 is 0 Å². The highest BCUT2D eigenvalue weighted by atomic mass is 16.6. The summed E-state index contributed by atoms with van der Waals surface area (Å²) >= 11 is 0. The average molecular weight is 475 g/mol. The van der Waals surface area contributed by atoms with Crippen molar-refractivity contribution in [2.75, 3.05) is 27.4 Å². The summed E-state index contributed by atoms with van der Waals surface area (Å²) in [5, 5.41) is 0.354. The van der Waals surface area contributed by atoms with Gasteiger partial charge in [0.15, 0.2) is 23.9 Å². The molecule has 0 atom stereocenters. The maximum absolute atomic E-state index is 13.3. The molecule has 1 heterocycles. The first kappa shape index (κ1) is 23.9. The van der Waals surface area contributed by atoms with Gasteiger partial charge in [0.2, 0.25) is 11.2 Å². The molecule has 0 fully saturated rings. The Morgan fingerprint density at radius 3 is 2.43 bits per heavy atom. The van der Waals surface area contributed by atoms with Crippen LogP contribution in [0.4, 0.5) is 0 Å². The lowest BCUT2D eigenvalue weighted by atomic mass is 10.1. The molecule has 0 spiro atoms. The van der Waals surface area contributed by atoms with Crippen LogP contribution >= 0.6 is 0 Å². The van der Waals surface area contributed by atoms with Crippen molar-refractivity contribution in [2.45, 2.75) is 13.3 Å². The van der Waals surface area contributed by atoms with E-state index in [1.165, 1.54) is 14.2 Å². The largest absolute Gasteiger partial charge is 0.493 e. The van der Waals surface area contributed by atoms with Gasteiger partial charge in [-0.15, -0.1) is 0 Å². The molecule has 35 heavy (non-hydrogen) atoms. The third-order valence-corrected chi connectivity index (χ3v) is 5.48. The van der Waals surface area contributed by atoms with Crippen molar-refractivity contribution in [3.05, 3.63) is 88.1 Å². The molecule has 0 unspecified atom stereocenters. The number of hydrogen-bond donors (Lipinski definition) is 0. The van der Waals surface area contributed by atoms with E-state index < -0.39 is 12.6 Å². The zero-order chi connectivity index (χ0) is 24.8. The van der Waals surface area contributed by atoms with Crippen molar-refractivity contribution in [3.63, 3.8) is 0 Å². The van der Waals surface area contributed by atoms with Crippen LogP contribution in [0.5, 0.6) is 17.2 Å². The number of rotatable bonds is 9. The molecule has 0 saturated carbocycles. The standard InChI is InChI=1S/C28H26O7/c1-18-9-11-21-23(15-18)35-27(20-10-12-22(31-2)24(16-20)32-3)28(26(21)30)34-17-25(29)33-14-13-19-7-5-4-6-8-19/h4-12,15-16H,13-14,17H2,1-3H3. The first-order chi connectivity index (χ1) is 17.0. The molecular weight excluding hydrogens is 448 g/mol. The van der Waals surface area contributed by atoms with Gasteiger partial charge in [0.05, 0.1) is 26.2 Å². The number of carbonyl (C=O) groups excluding carboxylic acids is 1. The molecule has 7 heteroatoms. The van der Waals surface area contributed by atoms with Gasteiger partial charge in [-0.25, -0.2) is 4.79 Å². The van der Waals surface area contributed by atoms with Gasteiger partial charge in [0.1, 0.15) is 5.58 Å². The second-order valence-corrected chi connectivity index (χ2v) is 7.90. The summed E-state index contributed by atoms with van der Waals surface area (Å²) in [5.74, 6) is 0.519. The molecule has 0 amide bonds. The van der Waals surface area contributed by atoms with E-state index in [-0.39, 0.29) is 23.5 Å². The first-order valence-electron chi connectivity index (χ1n) is 11.1. The summed E-state index contributed by atoms with van der Waals surface area (Å²) < 4.78 is 27.8. The van der Waals surface area contributed by atoms with Crippen LogP contribution in [0.1, 0.15) is 11.1 Å². The molecule has 0 radical (unpaired) electrons. The fourth-order valence-corrected chi connectivity index (χ4v) is 3.68. The van der Waals surface area contributed by atoms with Gasteiger partial charge in [0, 0.05) is 12.0 Å². The van der Waals surface area contributed by atoms with Crippen LogP contribution in [0.3, 0.4) is 0 Å². The highest BCUT2D eigenvalue weighted by Crippen LogP contribution is 2.36. The van der Waals surface area contributed by atoms with Gasteiger partial charge in [0.25, 0.3) is 0 Å². The lowest BCUT2D eigenvalue weighted by Gasteiger charge is -2.14. The normalized spacial score (nSPS) is 10.7. The summed E-state index contributed by atoms with van der Waals surface area (Å²) in [6, 6.07) is 20.1. The highest BCUT2D eigenvalue weighted by Gasteiger charge is 2.20. The van der Waals surface area contributed by atoms with Gasteiger partial charge >= 0.3 is 5.97 Å². The lowest BCUT2D eigenvalue weighted by Crippen LogP contribution is -2.19. The summed E-state index contributed by atoms with van der Waals surface area (Å²) in [7, 11) is 3.05. The zero-order valence-corrected chi connectivity index (χ0v) is 19.8. The molecule has 7 nitrogen and oxygen atoms in total. The minimum absolute atomic E-state index is 0.0754. The summed E-state index contributed by atoms with van der Waals surface area (Å²) in [5.41, 5.74) is 2.57. The number of ether oxygens (including phenoxy) is 4. The fraction of sp³-hybridized carbons (Fsp3) is 0.214. The Morgan fingerprint density at radius 1 is 0.914 bits per heavy atom. The van der Waals surface area contributed by atoms with Crippen molar-refractivity contribution in [3.8, 4) is 28.6 Å². The zero-order valence-electron chi connectivity index (χ0n) is 19.8. The predicted molar refractivity (Wildman–Crippen MR) is 132 cm³/mol. The molecule has 0 aliphatic heterocycles. The third kappa shape index (κ3) is 5.46. The fourth-order valence-electron chi connectivity index (χ4n) is 3.68. The molecule has 4 rings (SSSR count). The van der Waals surface area contributed by atoms with Crippen LogP contribution in [-0.4, -0.2) is 33.4 Å².